The molecule has 2 saturated heterocycles. The molecule has 24 heavy (non-hydrogen) atoms. The number of nitrogens with zero attached hydrogens (tertiary/aromatic N) is 2. The van der Waals surface area contributed by atoms with Crippen LogP contribution in [0.15, 0.2) is 35.1 Å². The van der Waals surface area contributed by atoms with Gasteiger partial charge in [-0.05, 0) is 12.5 Å². The molecule has 0 radical (unpaired) electrons. The van der Waals surface area contributed by atoms with Gasteiger partial charge in [0.15, 0.2) is 0 Å². The van der Waals surface area contributed by atoms with Crippen molar-refractivity contribution in [3.63, 3.8) is 0 Å². The summed E-state index contributed by atoms with van der Waals surface area (Å²) in [7, 11) is 0. The van der Waals surface area contributed by atoms with Gasteiger partial charge in [-0.2, -0.15) is 0 Å². The molecule has 0 saturated carbocycles. The number of piperazine rings is 1. The Bertz CT molecular complexity index is 810. The summed E-state index contributed by atoms with van der Waals surface area (Å²) in [6.07, 6.45) is 1.01. The second-order valence-corrected chi connectivity index (χ2v) is 6.57. The summed E-state index contributed by atoms with van der Waals surface area (Å²) in [5.74, 6) is -0.0325. The number of pyridine rings is 1. The van der Waals surface area contributed by atoms with Crippen LogP contribution in [-0.4, -0.2) is 66.0 Å². The van der Waals surface area contributed by atoms with Gasteiger partial charge in [0.2, 0.25) is 5.56 Å². The molecule has 0 bridgehead atoms. The molecule has 2 aromatic rings. The van der Waals surface area contributed by atoms with Gasteiger partial charge >= 0.3 is 0 Å². The smallest absolute Gasteiger partial charge is 0.254 e. The van der Waals surface area contributed by atoms with E-state index in [-0.39, 0.29) is 11.5 Å². The zero-order valence-electron chi connectivity index (χ0n) is 13.6. The number of amides is 1. The molecule has 6 heteroatoms. The predicted molar refractivity (Wildman–Crippen MR) is 93.3 cm³/mol. The third-order valence-electron chi connectivity index (χ3n) is 5.10. The largest absolute Gasteiger partial charge is 0.337 e. The topological polar surface area (TPSA) is 68.4 Å². The van der Waals surface area contributed by atoms with Gasteiger partial charge in [0.25, 0.3) is 5.91 Å². The molecule has 2 N–H and O–H groups in total. The van der Waals surface area contributed by atoms with E-state index in [1.165, 1.54) is 6.07 Å². The maximum Gasteiger partial charge on any atom is 0.254 e. The Kier molecular flexibility index (Phi) is 4.08. The Balaban J connectivity index is 1.57. The number of hydrogen-bond donors (Lipinski definition) is 2. The van der Waals surface area contributed by atoms with Crippen molar-refractivity contribution in [1.29, 1.82) is 0 Å². The molecule has 6 nitrogen and oxygen atoms in total. The van der Waals surface area contributed by atoms with Crippen LogP contribution >= 0.6 is 0 Å². The lowest BCUT2D eigenvalue weighted by atomic mass is 10.1. The number of para-hydroxylation sites is 1. The van der Waals surface area contributed by atoms with E-state index < -0.39 is 0 Å². The maximum atomic E-state index is 13.0. The standard InChI is InChI=1S/C18H22N4O2/c23-17-11-15(14-3-1-2-4-16(14)20-17)18(24)22-8-5-13(12-22)21-9-6-19-7-10-21/h1-4,11,13,19H,5-10,12H2,(H,20,23). The average molecular weight is 326 g/mol. The van der Waals surface area contributed by atoms with Gasteiger partial charge in [0, 0.05) is 62.3 Å². The number of aromatic nitrogens is 1. The molecule has 4 rings (SSSR count). The van der Waals surface area contributed by atoms with Crippen LogP contribution in [0.2, 0.25) is 0 Å². The molecule has 1 unspecified atom stereocenters. The highest BCUT2D eigenvalue weighted by Gasteiger charge is 2.31. The van der Waals surface area contributed by atoms with Crippen molar-refractivity contribution in [2.24, 2.45) is 0 Å². The summed E-state index contributed by atoms with van der Waals surface area (Å²) in [6.45, 7) is 5.63. The van der Waals surface area contributed by atoms with E-state index in [0.29, 0.717) is 17.1 Å². The van der Waals surface area contributed by atoms with Crippen molar-refractivity contribution in [3.05, 3.63) is 46.2 Å². The lowest BCUT2D eigenvalue weighted by Crippen LogP contribution is -2.49. The normalized spacial score (nSPS) is 22.2. The third kappa shape index (κ3) is 2.83. The van der Waals surface area contributed by atoms with Crippen LogP contribution in [0.1, 0.15) is 16.8 Å². The number of nitrogens with one attached hydrogen (secondary N) is 2. The van der Waals surface area contributed by atoms with Gasteiger partial charge in [0.05, 0.1) is 5.56 Å². The van der Waals surface area contributed by atoms with Crippen molar-refractivity contribution in [1.82, 2.24) is 20.1 Å². The second-order valence-electron chi connectivity index (χ2n) is 6.57. The molecule has 0 spiro atoms. The summed E-state index contributed by atoms with van der Waals surface area (Å²) >= 11 is 0. The number of fused-ring (bicyclic) bond motifs is 1. The first-order valence-corrected chi connectivity index (χ1v) is 8.58. The number of carbonyl (C=O) groups is 1. The number of likely N-dealkylation sites (tertiary alicyclic amines) is 1. The Morgan fingerprint density at radius 3 is 2.75 bits per heavy atom. The number of H-pyrrole nitrogens is 1. The number of aromatic amines is 1. The molecule has 1 aromatic heterocycles. The van der Waals surface area contributed by atoms with Crippen molar-refractivity contribution in [2.45, 2.75) is 12.5 Å². The lowest BCUT2D eigenvalue weighted by Gasteiger charge is -2.32. The van der Waals surface area contributed by atoms with Gasteiger partial charge < -0.3 is 15.2 Å². The lowest BCUT2D eigenvalue weighted by molar-refractivity contribution is 0.0775. The molecule has 2 aliphatic heterocycles. The summed E-state index contributed by atoms with van der Waals surface area (Å²) in [5, 5.41) is 4.18. The summed E-state index contributed by atoms with van der Waals surface area (Å²) < 4.78 is 0. The van der Waals surface area contributed by atoms with Crippen LogP contribution in [0.3, 0.4) is 0 Å². The predicted octanol–water partition coefficient (Wildman–Crippen LogP) is 0.648. The van der Waals surface area contributed by atoms with Crippen molar-refractivity contribution in [2.75, 3.05) is 39.3 Å². The van der Waals surface area contributed by atoms with Crippen LogP contribution in [-0.2, 0) is 0 Å². The number of carbonyl (C=O) groups excluding carboxylic acids is 1. The Hall–Kier alpha value is -2.18. The second kappa shape index (κ2) is 6.37. The first-order chi connectivity index (χ1) is 11.7. The molecule has 0 aliphatic carbocycles. The Labute approximate surface area is 140 Å². The van der Waals surface area contributed by atoms with Crippen molar-refractivity contribution < 1.29 is 4.79 Å². The van der Waals surface area contributed by atoms with Gasteiger partial charge in [0.1, 0.15) is 0 Å². The highest BCUT2D eigenvalue weighted by molar-refractivity contribution is 6.06. The first-order valence-electron chi connectivity index (χ1n) is 8.58. The number of hydrogen-bond acceptors (Lipinski definition) is 4. The van der Waals surface area contributed by atoms with Crippen LogP contribution in [0.4, 0.5) is 0 Å². The highest BCUT2D eigenvalue weighted by Crippen LogP contribution is 2.21. The maximum absolute atomic E-state index is 13.0. The molecule has 1 aromatic carbocycles. The quantitative estimate of drug-likeness (QED) is 0.850. The van der Waals surface area contributed by atoms with Gasteiger partial charge in [-0.25, -0.2) is 0 Å². The molecule has 126 valence electrons. The molecule has 2 aliphatic rings. The zero-order valence-corrected chi connectivity index (χ0v) is 13.6. The minimum atomic E-state index is -0.227. The van der Waals surface area contributed by atoms with Crippen LogP contribution in [0, 0.1) is 0 Å². The summed E-state index contributed by atoms with van der Waals surface area (Å²) in [4.78, 5) is 32.0. The minimum absolute atomic E-state index is 0.0325. The fraction of sp³-hybridized carbons (Fsp3) is 0.444. The fourth-order valence-corrected chi connectivity index (χ4v) is 3.82. The van der Waals surface area contributed by atoms with Crippen molar-refractivity contribution in [3.8, 4) is 0 Å². The summed E-state index contributed by atoms with van der Waals surface area (Å²) in [5.41, 5.74) is 0.997. The number of rotatable bonds is 2. The van der Waals surface area contributed by atoms with E-state index in [9.17, 15) is 9.59 Å². The third-order valence-corrected chi connectivity index (χ3v) is 5.10. The zero-order chi connectivity index (χ0) is 16.5. The van der Waals surface area contributed by atoms with Gasteiger partial charge in [-0.15, -0.1) is 0 Å². The van der Waals surface area contributed by atoms with Crippen LogP contribution in [0.25, 0.3) is 10.9 Å². The van der Waals surface area contributed by atoms with Crippen LogP contribution < -0.4 is 10.9 Å². The molecule has 1 amide bonds. The monoisotopic (exact) mass is 326 g/mol. The van der Waals surface area contributed by atoms with Crippen molar-refractivity contribution >= 4 is 16.8 Å². The van der Waals surface area contributed by atoms with E-state index >= 15 is 0 Å². The number of benzene rings is 1. The highest BCUT2D eigenvalue weighted by atomic mass is 16.2. The van der Waals surface area contributed by atoms with Gasteiger partial charge in [-0.1, -0.05) is 18.2 Å². The fourth-order valence-electron chi connectivity index (χ4n) is 3.82. The minimum Gasteiger partial charge on any atom is -0.337 e. The van der Waals surface area contributed by atoms with E-state index in [4.69, 9.17) is 0 Å². The van der Waals surface area contributed by atoms with E-state index in [0.717, 1.165) is 51.1 Å². The average Bonchev–Trinajstić information content (AvgIpc) is 3.11. The molecule has 3 heterocycles. The first kappa shape index (κ1) is 15.4. The Morgan fingerprint density at radius 1 is 1.12 bits per heavy atom. The SMILES string of the molecule is O=C(c1cc(=O)[nH]c2ccccc12)N1CCC(N2CCNCC2)C1. The van der Waals surface area contributed by atoms with Gasteiger partial charge in [-0.3, -0.25) is 14.5 Å². The Morgan fingerprint density at radius 2 is 1.92 bits per heavy atom. The van der Waals surface area contributed by atoms with E-state index in [2.05, 4.69) is 15.2 Å². The molecular formula is C18H22N4O2. The van der Waals surface area contributed by atoms with E-state index in [1.807, 2.05) is 29.2 Å². The molecule has 2 fully saturated rings. The molecule has 1 atom stereocenters. The summed E-state index contributed by atoms with van der Waals surface area (Å²) in [6, 6.07) is 9.35. The van der Waals surface area contributed by atoms with E-state index in [1.54, 1.807) is 0 Å². The molecular weight excluding hydrogens is 304 g/mol. The van der Waals surface area contributed by atoms with Crippen LogP contribution in [0.5, 0.6) is 0 Å².